The van der Waals surface area contributed by atoms with E-state index < -0.39 is 5.97 Å². The summed E-state index contributed by atoms with van der Waals surface area (Å²) in [5.41, 5.74) is 7.68. The second-order valence-corrected chi connectivity index (χ2v) is 4.48. The van der Waals surface area contributed by atoms with Crippen LogP contribution in [0.15, 0.2) is 42.5 Å². The third-order valence-corrected chi connectivity index (χ3v) is 3.06. The molecule has 0 atom stereocenters. The third kappa shape index (κ3) is 3.73. The van der Waals surface area contributed by atoms with E-state index in [4.69, 9.17) is 20.3 Å². The quantitative estimate of drug-likeness (QED) is 0.852. The maximum atomic E-state index is 10.8. The molecule has 5 nitrogen and oxygen atoms in total. The first-order chi connectivity index (χ1) is 10.1. The molecule has 0 fully saturated rings. The number of rotatable bonds is 6. The van der Waals surface area contributed by atoms with Crippen molar-refractivity contribution in [2.24, 2.45) is 5.73 Å². The number of carboxylic acids is 1. The Kier molecular flexibility index (Phi) is 4.79. The molecule has 0 aromatic heterocycles. The van der Waals surface area contributed by atoms with E-state index in [0.29, 0.717) is 24.7 Å². The van der Waals surface area contributed by atoms with Crippen molar-refractivity contribution in [3.8, 4) is 11.5 Å². The topological polar surface area (TPSA) is 81.8 Å². The van der Waals surface area contributed by atoms with E-state index in [0.717, 1.165) is 11.1 Å². The van der Waals surface area contributed by atoms with Gasteiger partial charge in [0.2, 0.25) is 0 Å². The summed E-state index contributed by atoms with van der Waals surface area (Å²) in [5, 5.41) is 8.84. The lowest BCUT2D eigenvalue weighted by Gasteiger charge is -2.12. The second kappa shape index (κ2) is 6.76. The molecule has 0 bridgehead atoms. The van der Waals surface area contributed by atoms with Gasteiger partial charge in [0, 0.05) is 6.54 Å². The van der Waals surface area contributed by atoms with Crippen molar-refractivity contribution in [2.45, 2.75) is 13.2 Å². The van der Waals surface area contributed by atoms with Crippen LogP contribution >= 0.6 is 0 Å². The fraction of sp³-hybridized carbons (Fsp3) is 0.188. The summed E-state index contributed by atoms with van der Waals surface area (Å²) >= 11 is 0. The molecule has 0 spiro atoms. The Balaban J connectivity index is 2.07. The van der Waals surface area contributed by atoms with Crippen LogP contribution in [-0.2, 0) is 13.2 Å². The molecule has 5 heteroatoms. The summed E-state index contributed by atoms with van der Waals surface area (Å²) in [4.78, 5) is 10.8. The summed E-state index contributed by atoms with van der Waals surface area (Å²) < 4.78 is 11.0. The summed E-state index contributed by atoms with van der Waals surface area (Å²) in [7, 11) is 1.57. The molecule has 21 heavy (non-hydrogen) atoms. The molecule has 0 heterocycles. The first-order valence-corrected chi connectivity index (χ1v) is 6.46. The minimum absolute atomic E-state index is 0.253. The number of hydrogen-bond acceptors (Lipinski definition) is 4. The molecule has 0 aliphatic rings. The molecule has 0 aliphatic carbocycles. The Labute approximate surface area is 122 Å². The van der Waals surface area contributed by atoms with E-state index >= 15 is 0 Å². The minimum Gasteiger partial charge on any atom is -0.493 e. The van der Waals surface area contributed by atoms with Crippen LogP contribution in [0, 0.1) is 0 Å². The number of nitrogens with two attached hydrogens (primary N) is 1. The Morgan fingerprint density at radius 2 is 1.76 bits per heavy atom. The minimum atomic E-state index is -0.943. The highest BCUT2D eigenvalue weighted by atomic mass is 16.5. The molecule has 0 saturated carbocycles. The third-order valence-electron chi connectivity index (χ3n) is 3.06. The van der Waals surface area contributed by atoms with Crippen molar-refractivity contribution in [2.75, 3.05) is 7.11 Å². The number of methoxy groups -OCH3 is 1. The van der Waals surface area contributed by atoms with E-state index in [2.05, 4.69) is 0 Å². The summed E-state index contributed by atoms with van der Waals surface area (Å²) in [6.07, 6.45) is 0. The van der Waals surface area contributed by atoms with Gasteiger partial charge in [-0.25, -0.2) is 4.79 Å². The molecule has 0 aliphatic heterocycles. The van der Waals surface area contributed by atoms with Crippen molar-refractivity contribution in [1.29, 1.82) is 0 Å². The van der Waals surface area contributed by atoms with Gasteiger partial charge in [-0.3, -0.25) is 0 Å². The zero-order valence-electron chi connectivity index (χ0n) is 11.7. The zero-order chi connectivity index (χ0) is 15.2. The van der Waals surface area contributed by atoms with E-state index in [-0.39, 0.29) is 5.56 Å². The fourth-order valence-corrected chi connectivity index (χ4v) is 1.86. The maximum Gasteiger partial charge on any atom is 0.335 e. The average Bonchev–Trinajstić information content (AvgIpc) is 2.53. The highest BCUT2D eigenvalue weighted by molar-refractivity contribution is 5.87. The lowest BCUT2D eigenvalue weighted by atomic mass is 10.1. The van der Waals surface area contributed by atoms with Crippen LogP contribution in [0.4, 0.5) is 0 Å². The molecule has 3 N–H and O–H groups in total. The van der Waals surface area contributed by atoms with Gasteiger partial charge in [-0.1, -0.05) is 18.2 Å². The number of aromatic carboxylic acids is 1. The van der Waals surface area contributed by atoms with Crippen LogP contribution < -0.4 is 15.2 Å². The number of carboxylic acid groups (broad SMARTS) is 1. The molecule has 0 unspecified atom stereocenters. The van der Waals surface area contributed by atoms with Crippen molar-refractivity contribution in [3.63, 3.8) is 0 Å². The van der Waals surface area contributed by atoms with Crippen molar-refractivity contribution in [3.05, 3.63) is 59.2 Å². The number of carbonyl (C=O) groups is 1. The van der Waals surface area contributed by atoms with E-state index in [1.54, 1.807) is 31.4 Å². The predicted octanol–water partition coefficient (Wildman–Crippen LogP) is 2.43. The zero-order valence-corrected chi connectivity index (χ0v) is 11.7. The van der Waals surface area contributed by atoms with Gasteiger partial charge in [0.25, 0.3) is 0 Å². The molecule has 110 valence electrons. The van der Waals surface area contributed by atoms with Crippen LogP contribution in [-0.4, -0.2) is 18.2 Å². The highest BCUT2D eigenvalue weighted by Crippen LogP contribution is 2.28. The Bertz CT molecular complexity index is 623. The van der Waals surface area contributed by atoms with E-state index in [1.807, 2.05) is 18.2 Å². The van der Waals surface area contributed by atoms with Crippen molar-refractivity contribution >= 4 is 5.97 Å². The smallest absolute Gasteiger partial charge is 0.335 e. The Morgan fingerprint density at radius 3 is 2.33 bits per heavy atom. The molecule has 2 rings (SSSR count). The van der Waals surface area contributed by atoms with Crippen LogP contribution in [0.25, 0.3) is 0 Å². The monoisotopic (exact) mass is 287 g/mol. The predicted molar refractivity (Wildman–Crippen MR) is 78.6 cm³/mol. The standard InChI is InChI=1S/C16H17NO4/c1-20-15-8-12(9-17)4-7-14(15)21-10-11-2-5-13(6-3-11)16(18)19/h2-8H,9-10,17H2,1H3,(H,18,19). The Morgan fingerprint density at radius 1 is 1.10 bits per heavy atom. The molecular weight excluding hydrogens is 270 g/mol. The van der Waals surface area contributed by atoms with Gasteiger partial charge in [0.1, 0.15) is 6.61 Å². The average molecular weight is 287 g/mol. The van der Waals surface area contributed by atoms with Gasteiger partial charge < -0.3 is 20.3 Å². The summed E-state index contributed by atoms with van der Waals surface area (Å²) in [6.45, 7) is 0.769. The Hall–Kier alpha value is -2.53. The van der Waals surface area contributed by atoms with E-state index in [9.17, 15) is 4.79 Å². The molecule has 2 aromatic carbocycles. The molecule has 0 radical (unpaired) electrons. The maximum absolute atomic E-state index is 10.8. The second-order valence-electron chi connectivity index (χ2n) is 4.48. The highest BCUT2D eigenvalue weighted by Gasteiger charge is 2.06. The van der Waals surface area contributed by atoms with Gasteiger partial charge in [-0.05, 0) is 35.4 Å². The molecule has 0 amide bonds. The first kappa shape index (κ1) is 14.9. The fourth-order valence-electron chi connectivity index (χ4n) is 1.86. The van der Waals surface area contributed by atoms with Gasteiger partial charge >= 0.3 is 5.97 Å². The van der Waals surface area contributed by atoms with Crippen LogP contribution in [0.3, 0.4) is 0 Å². The lowest BCUT2D eigenvalue weighted by Crippen LogP contribution is -2.01. The number of hydrogen-bond donors (Lipinski definition) is 2. The number of ether oxygens (including phenoxy) is 2. The first-order valence-electron chi connectivity index (χ1n) is 6.46. The van der Waals surface area contributed by atoms with Crippen molar-refractivity contribution in [1.82, 2.24) is 0 Å². The lowest BCUT2D eigenvalue weighted by molar-refractivity contribution is 0.0697. The number of benzene rings is 2. The summed E-state index contributed by atoms with van der Waals surface area (Å²) in [6, 6.07) is 12.1. The van der Waals surface area contributed by atoms with Crippen LogP contribution in [0.2, 0.25) is 0 Å². The van der Waals surface area contributed by atoms with Crippen LogP contribution in [0.5, 0.6) is 11.5 Å². The summed E-state index contributed by atoms with van der Waals surface area (Å²) in [5.74, 6) is 0.304. The molecule has 0 saturated heterocycles. The van der Waals surface area contributed by atoms with E-state index in [1.165, 1.54) is 0 Å². The molecule has 2 aromatic rings. The van der Waals surface area contributed by atoms with Gasteiger partial charge in [0.05, 0.1) is 12.7 Å². The van der Waals surface area contributed by atoms with Crippen molar-refractivity contribution < 1.29 is 19.4 Å². The molecular formula is C16H17NO4. The normalized spacial score (nSPS) is 10.2. The van der Waals surface area contributed by atoms with Gasteiger partial charge in [-0.15, -0.1) is 0 Å². The largest absolute Gasteiger partial charge is 0.493 e. The van der Waals surface area contributed by atoms with Gasteiger partial charge in [-0.2, -0.15) is 0 Å². The van der Waals surface area contributed by atoms with Crippen LogP contribution in [0.1, 0.15) is 21.5 Å². The SMILES string of the molecule is COc1cc(CN)ccc1OCc1ccc(C(=O)O)cc1. The van der Waals surface area contributed by atoms with Gasteiger partial charge in [0.15, 0.2) is 11.5 Å².